The van der Waals surface area contributed by atoms with E-state index in [9.17, 15) is 4.79 Å². The molecule has 2 aromatic carbocycles. The fraction of sp³-hybridized carbons (Fsp3) is 0.391. The van der Waals surface area contributed by atoms with Crippen molar-refractivity contribution in [2.45, 2.75) is 51.4 Å². The van der Waals surface area contributed by atoms with Gasteiger partial charge in [-0.1, -0.05) is 54.6 Å². The second-order valence-corrected chi connectivity index (χ2v) is 8.43. The van der Waals surface area contributed by atoms with Gasteiger partial charge in [-0.25, -0.2) is 4.79 Å². The van der Waals surface area contributed by atoms with Crippen LogP contribution in [-0.4, -0.2) is 35.0 Å². The van der Waals surface area contributed by atoms with Gasteiger partial charge in [0.05, 0.1) is 25.2 Å². The minimum absolute atomic E-state index is 0.140. The lowest BCUT2D eigenvalue weighted by Gasteiger charge is -2.38. The van der Waals surface area contributed by atoms with Crippen molar-refractivity contribution in [1.82, 2.24) is 10.2 Å². The Morgan fingerprint density at radius 2 is 1.75 bits per heavy atom. The van der Waals surface area contributed by atoms with Gasteiger partial charge in [0.2, 0.25) is 0 Å². The maximum Gasteiger partial charge on any atom is 0.411 e. The Labute approximate surface area is 166 Å². The summed E-state index contributed by atoms with van der Waals surface area (Å²) in [6, 6.07) is 18.6. The van der Waals surface area contributed by atoms with E-state index >= 15 is 0 Å². The number of benzene rings is 2. The normalized spacial score (nSPS) is 21.5. The molecule has 28 heavy (non-hydrogen) atoms. The Balaban J connectivity index is 1.58. The van der Waals surface area contributed by atoms with Crippen molar-refractivity contribution in [3.05, 3.63) is 71.3 Å². The highest BCUT2D eigenvalue weighted by Gasteiger charge is 2.37. The number of nitrogens with one attached hydrogen (secondary N) is 1. The summed E-state index contributed by atoms with van der Waals surface area (Å²) in [6.45, 7) is 6.91. The summed E-state index contributed by atoms with van der Waals surface area (Å²) in [5.74, 6) is 0.870. The number of carbonyl (C=O) groups is 1. The fourth-order valence-electron chi connectivity index (χ4n) is 3.81. The van der Waals surface area contributed by atoms with Crippen LogP contribution in [0.5, 0.6) is 0 Å². The van der Waals surface area contributed by atoms with Crippen molar-refractivity contribution >= 4 is 11.9 Å². The number of fused-ring (bicyclic) bond motifs is 1. The van der Waals surface area contributed by atoms with Crippen LogP contribution in [0.25, 0.3) is 0 Å². The highest BCUT2D eigenvalue weighted by Crippen LogP contribution is 2.28. The molecular formula is C23H27N3O2. The number of carbonyl (C=O) groups excluding carboxylic acids is 1. The zero-order valence-electron chi connectivity index (χ0n) is 16.7. The Kier molecular flexibility index (Phi) is 4.84. The molecule has 2 aliphatic rings. The van der Waals surface area contributed by atoms with E-state index in [-0.39, 0.29) is 18.2 Å². The quantitative estimate of drug-likeness (QED) is 0.858. The van der Waals surface area contributed by atoms with E-state index in [4.69, 9.17) is 9.73 Å². The minimum atomic E-state index is -0.532. The average Bonchev–Trinajstić information content (AvgIpc) is 3.16. The van der Waals surface area contributed by atoms with Gasteiger partial charge in [-0.2, -0.15) is 0 Å². The van der Waals surface area contributed by atoms with Crippen LogP contribution in [0.2, 0.25) is 0 Å². The number of aliphatic imine (C=N–C) groups is 1. The van der Waals surface area contributed by atoms with Crippen LogP contribution in [0, 0.1) is 0 Å². The molecule has 1 N–H and O–H groups in total. The van der Waals surface area contributed by atoms with E-state index in [1.165, 1.54) is 16.7 Å². The molecule has 0 aromatic heterocycles. The second kappa shape index (κ2) is 7.30. The van der Waals surface area contributed by atoms with Crippen LogP contribution in [0.4, 0.5) is 4.79 Å². The van der Waals surface area contributed by atoms with Crippen LogP contribution in [0.1, 0.15) is 43.5 Å². The van der Waals surface area contributed by atoms with Crippen molar-refractivity contribution in [3.63, 3.8) is 0 Å². The lowest BCUT2D eigenvalue weighted by atomic mass is 9.93. The average molecular weight is 377 g/mol. The molecule has 0 radical (unpaired) electrons. The van der Waals surface area contributed by atoms with Crippen molar-refractivity contribution in [3.8, 4) is 0 Å². The second-order valence-electron chi connectivity index (χ2n) is 8.43. The molecule has 0 spiro atoms. The predicted octanol–water partition coefficient (Wildman–Crippen LogP) is 4.09. The summed E-state index contributed by atoms with van der Waals surface area (Å²) in [6.07, 6.45) is 0.447. The largest absolute Gasteiger partial charge is 0.444 e. The van der Waals surface area contributed by atoms with E-state index in [0.717, 1.165) is 12.3 Å². The van der Waals surface area contributed by atoms with Crippen molar-refractivity contribution in [1.29, 1.82) is 0 Å². The van der Waals surface area contributed by atoms with Crippen LogP contribution in [-0.2, 0) is 17.7 Å². The van der Waals surface area contributed by atoms with Gasteiger partial charge < -0.3 is 10.1 Å². The lowest BCUT2D eigenvalue weighted by molar-refractivity contribution is 0.0177. The van der Waals surface area contributed by atoms with E-state index in [1.807, 2.05) is 49.9 Å². The first-order valence-electron chi connectivity index (χ1n) is 9.83. The fourth-order valence-corrected chi connectivity index (χ4v) is 3.81. The van der Waals surface area contributed by atoms with Crippen LogP contribution >= 0.6 is 0 Å². The molecule has 146 valence electrons. The van der Waals surface area contributed by atoms with Gasteiger partial charge in [-0.15, -0.1) is 0 Å². The molecule has 2 atom stereocenters. The summed E-state index contributed by atoms with van der Waals surface area (Å²) >= 11 is 0. The molecule has 0 bridgehead atoms. The molecule has 0 saturated heterocycles. The molecule has 5 nitrogen and oxygen atoms in total. The van der Waals surface area contributed by atoms with Gasteiger partial charge in [0.1, 0.15) is 11.4 Å². The van der Waals surface area contributed by atoms with Crippen molar-refractivity contribution in [2.75, 3.05) is 6.54 Å². The SMILES string of the molecule is CC(C)(C)OC(=O)N1Cc2ccccc2C[C@H]1C1=NCC(c2ccccc2)N1. The predicted molar refractivity (Wildman–Crippen MR) is 110 cm³/mol. The van der Waals surface area contributed by atoms with Crippen molar-refractivity contribution < 1.29 is 9.53 Å². The zero-order chi connectivity index (χ0) is 19.7. The number of hydrogen-bond acceptors (Lipinski definition) is 4. The van der Waals surface area contributed by atoms with Crippen LogP contribution in [0.15, 0.2) is 59.6 Å². The number of nitrogens with zero attached hydrogens (tertiary/aromatic N) is 2. The molecule has 2 aliphatic heterocycles. The Morgan fingerprint density at radius 1 is 1.07 bits per heavy atom. The number of ether oxygens (including phenoxy) is 1. The van der Waals surface area contributed by atoms with Crippen molar-refractivity contribution in [2.24, 2.45) is 4.99 Å². The van der Waals surface area contributed by atoms with Gasteiger partial charge in [-0.3, -0.25) is 9.89 Å². The molecule has 4 rings (SSSR count). The van der Waals surface area contributed by atoms with Crippen LogP contribution in [0.3, 0.4) is 0 Å². The molecule has 5 heteroatoms. The monoisotopic (exact) mass is 377 g/mol. The first-order chi connectivity index (χ1) is 13.4. The maximum absolute atomic E-state index is 13.0. The lowest BCUT2D eigenvalue weighted by Crippen LogP contribution is -2.53. The molecular weight excluding hydrogens is 350 g/mol. The zero-order valence-corrected chi connectivity index (χ0v) is 16.7. The minimum Gasteiger partial charge on any atom is -0.444 e. The maximum atomic E-state index is 13.0. The van der Waals surface area contributed by atoms with Gasteiger partial charge in [0.25, 0.3) is 0 Å². The van der Waals surface area contributed by atoms with Crippen LogP contribution < -0.4 is 5.32 Å². The Hall–Kier alpha value is -2.82. The molecule has 1 amide bonds. The van der Waals surface area contributed by atoms with Gasteiger partial charge >= 0.3 is 6.09 Å². The van der Waals surface area contributed by atoms with Gasteiger partial charge in [0.15, 0.2) is 0 Å². The molecule has 0 aliphatic carbocycles. The van der Waals surface area contributed by atoms with E-state index in [0.29, 0.717) is 13.1 Å². The summed E-state index contributed by atoms with van der Waals surface area (Å²) in [5.41, 5.74) is 3.11. The molecule has 1 unspecified atom stereocenters. The van der Waals surface area contributed by atoms with E-state index in [1.54, 1.807) is 0 Å². The third-order valence-corrected chi connectivity index (χ3v) is 5.16. The number of amides is 1. The number of hydrogen-bond donors (Lipinski definition) is 1. The van der Waals surface area contributed by atoms with Gasteiger partial charge in [-0.05, 0) is 37.5 Å². The first kappa shape index (κ1) is 18.5. The highest BCUT2D eigenvalue weighted by atomic mass is 16.6. The summed E-state index contributed by atoms with van der Waals surface area (Å²) in [4.78, 5) is 19.6. The smallest absolute Gasteiger partial charge is 0.411 e. The summed E-state index contributed by atoms with van der Waals surface area (Å²) < 4.78 is 5.70. The third kappa shape index (κ3) is 3.88. The number of amidine groups is 1. The Bertz CT molecular complexity index is 886. The molecule has 0 fully saturated rings. The third-order valence-electron chi connectivity index (χ3n) is 5.16. The van der Waals surface area contributed by atoms with E-state index in [2.05, 4.69) is 35.6 Å². The molecule has 2 heterocycles. The summed E-state index contributed by atoms with van der Waals surface area (Å²) in [5, 5.41) is 3.56. The van der Waals surface area contributed by atoms with Gasteiger partial charge in [0, 0.05) is 6.42 Å². The first-order valence-corrected chi connectivity index (χ1v) is 9.83. The molecule has 2 aromatic rings. The summed E-state index contributed by atoms with van der Waals surface area (Å²) in [7, 11) is 0. The van der Waals surface area contributed by atoms with E-state index < -0.39 is 5.60 Å². The Morgan fingerprint density at radius 3 is 2.46 bits per heavy atom. The molecule has 0 saturated carbocycles. The topological polar surface area (TPSA) is 53.9 Å². The number of rotatable bonds is 2. The highest BCUT2D eigenvalue weighted by molar-refractivity contribution is 5.92. The standard InChI is InChI=1S/C23H27N3O2/c1-23(2,3)28-22(27)26-15-18-12-8-7-11-17(18)13-20(26)21-24-14-19(25-21)16-9-5-4-6-10-16/h4-12,19-20H,13-15H2,1-3H3,(H,24,25)/t19?,20-/m0/s1.